The van der Waals surface area contributed by atoms with E-state index in [2.05, 4.69) is 4.74 Å². The van der Waals surface area contributed by atoms with E-state index < -0.39 is 18.5 Å². The largest absolute Gasteiger partial charge is 0.457 e. The molecule has 0 aromatic carbocycles. The minimum Gasteiger partial charge on any atom is -0.457 e. The van der Waals surface area contributed by atoms with Crippen molar-refractivity contribution in [3.05, 3.63) is 0 Å². The Hall–Kier alpha value is -0.897. The Labute approximate surface area is 87.6 Å². The molecule has 0 heterocycles. The van der Waals surface area contributed by atoms with Crippen LogP contribution in [0.2, 0.25) is 0 Å². The van der Waals surface area contributed by atoms with Crippen LogP contribution in [-0.2, 0) is 43.4 Å². The molecular weight excluding hydrogens is 267 g/mol. The molecule has 0 atom stereocenters. The van der Waals surface area contributed by atoms with E-state index in [1.165, 1.54) is 6.92 Å². The molecule has 1 radical (unpaired) electrons. The molecule has 0 N–H and O–H groups in total. The normalized spacial score (nSPS) is 8.46. The fourth-order valence-electron chi connectivity index (χ4n) is 0.412. The van der Waals surface area contributed by atoms with Crippen molar-refractivity contribution < 1.29 is 43.4 Å². The van der Waals surface area contributed by atoms with Crippen molar-refractivity contribution in [1.82, 2.24) is 0 Å². The molecular formula is C7H8O5Rh. The summed E-state index contributed by atoms with van der Waals surface area (Å²) in [5.74, 6) is -2.75. The van der Waals surface area contributed by atoms with Gasteiger partial charge >= 0.3 is 5.97 Å². The molecule has 0 rings (SSSR count). The quantitative estimate of drug-likeness (QED) is 0.282. The van der Waals surface area contributed by atoms with Crippen LogP contribution in [0.1, 0.15) is 6.92 Å². The van der Waals surface area contributed by atoms with Crippen molar-refractivity contribution in [3.63, 3.8) is 0 Å². The summed E-state index contributed by atoms with van der Waals surface area (Å²) >= 11 is 0. The number of carbonyl (C=O) groups is 4. The molecule has 5 nitrogen and oxygen atoms in total. The first-order chi connectivity index (χ1) is 5.61. The summed E-state index contributed by atoms with van der Waals surface area (Å²) in [5, 5.41) is 0. The molecule has 6 heteroatoms. The maximum Gasteiger partial charge on any atom is 0.323 e. The number of ether oxygens (including phenoxy) is 1. The first kappa shape index (κ1) is 14.6. The van der Waals surface area contributed by atoms with Crippen molar-refractivity contribution in [2.75, 3.05) is 6.61 Å². The molecule has 0 aliphatic rings. The Morgan fingerprint density at radius 3 is 2.08 bits per heavy atom. The maximum absolute atomic E-state index is 10.7. The van der Waals surface area contributed by atoms with E-state index in [0.29, 0.717) is 0 Å². The SMILES string of the molecule is CC(=O)COC(=O)C(C=O)C=O.[Rh]. The molecule has 13 heavy (non-hydrogen) atoms. The average molecular weight is 275 g/mol. The van der Waals surface area contributed by atoms with Crippen LogP contribution in [-0.4, -0.2) is 30.9 Å². The molecule has 0 spiro atoms. The van der Waals surface area contributed by atoms with Crippen molar-refractivity contribution in [2.45, 2.75) is 6.92 Å². The van der Waals surface area contributed by atoms with Gasteiger partial charge in [-0.25, -0.2) is 0 Å². The molecule has 0 saturated carbocycles. The van der Waals surface area contributed by atoms with Crippen LogP contribution in [0.25, 0.3) is 0 Å². The number of aldehydes is 2. The molecule has 0 aromatic heterocycles. The number of carbonyl (C=O) groups excluding carboxylic acids is 4. The summed E-state index contributed by atoms with van der Waals surface area (Å²) < 4.78 is 4.30. The van der Waals surface area contributed by atoms with Gasteiger partial charge in [-0.1, -0.05) is 0 Å². The maximum atomic E-state index is 10.7. The Bertz CT molecular complexity index is 205. The summed E-state index contributed by atoms with van der Waals surface area (Å²) in [4.78, 5) is 41.0. The molecule has 0 aliphatic heterocycles. The van der Waals surface area contributed by atoms with Crippen LogP contribution >= 0.6 is 0 Å². The number of ketones is 1. The summed E-state index contributed by atoms with van der Waals surface area (Å²) in [6, 6.07) is 0. The molecule has 0 fully saturated rings. The summed E-state index contributed by atoms with van der Waals surface area (Å²) in [6.07, 6.45) is 0.324. The standard InChI is InChI=1S/C7H8O5.Rh/c1-5(10)4-12-7(11)6(2-8)3-9;/h2-3,6H,4H2,1H3;. The van der Waals surface area contributed by atoms with Crippen LogP contribution in [0.3, 0.4) is 0 Å². The van der Waals surface area contributed by atoms with Crippen LogP contribution in [0.5, 0.6) is 0 Å². The minimum atomic E-state index is -1.41. The Kier molecular flexibility index (Phi) is 8.70. The topological polar surface area (TPSA) is 77.5 Å². The zero-order valence-corrected chi connectivity index (χ0v) is 8.45. The van der Waals surface area contributed by atoms with Crippen LogP contribution < -0.4 is 0 Å². The third-order valence-electron chi connectivity index (χ3n) is 0.983. The van der Waals surface area contributed by atoms with Gasteiger partial charge in [0.15, 0.2) is 11.7 Å². The third-order valence-corrected chi connectivity index (χ3v) is 0.983. The number of hydrogen-bond donors (Lipinski definition) is 0. The average Bonchev–Trinajstić information content (AvgIpc) is 2.03. The fourth-order valence-corrected chi connectivity index (χ4v) is 0.412. The van der Waals surface area contributed by atoms with E-state index in [0.717, 1.165) is 0 Å². The van der Waals surface area contributed by atoms with E-state index in [-0.39, 0.29) is 37.8 Å². The van der Waals surface area contributed by atoms with Gasteiger partial charge in [-0.05, 0) is 6.92 Å². The van der Waals surface area contributed by atoms with Gasteiger partial charge in [0.05, 0.1) is 0 Å². The molecule has 0 aliphatic carbocycles. The third kappa shape index (κ3) is 6.28. The molecule has 0 saturated heterocycles. The molecule has 0 amide bonds. The molecule has 0 unspecified atom stereocenters. The van der Waals surface area contributed by atoms with Crippen LogP contribution in [0.15, 0.2) is 0 Å². The first-order valence-corrected chi connectivity index (χ1v) is 3.18. The second-order valence-electron chi connectivity index (χ2n) is 2.11. The zero-order valence-electron chi connectivity index (χ0n) is 6.81. The monoisotopic (exact) mass is 275 g/mol. The smallest absolute Gasteiger partial charge is 0.323 e. The van der Waals surface area contributed by atoms with E-state index in [1.807, 2.05) is 0 Å². The first-order valence-electron chi connectivity index (χ1n) is 3.18. The Morgan fingerprint density at radius 1 is 1.31 bits per heavy atom. The van der Waals surface area contributed by atoms with E-state index in [1.54, 1.807) is 0 Å². The van der Waals surface area contributed by atoms with Gasteiger partial charge < -0.3 is 14.3 Å². The predicted molar refractivity (Wildman–Crippen MR) is 37.3 cm³/mol. The van der Waals surface area contributed by atoms with Gasteiger partial charge in [-0.15, -0.1) is 0 Å². The summed E-state index contributed by atoms with van der Waals surface area (Å²) in [5.41, 5.74) is 0. The molecule has 0 aromatic rings. The predicted octanol–water partition coefficient (Wildman–Crippen LogP) is -0.870. The Morgan fingerprint density at radius 2 is 1.77 bits per heavy atom. The van der Waals surface area contributed by atoms with Crippen LogP contribution in [0.4, 0.5) is 0 Å². The zero-order chi connectivity index (χ0) is 9.56. The van der Waals surface area contributed by atoms with Gasteiger partial charge in [-0.2, -0.15) is 0 Å². The molecule has 75 valence electrons. The van der Waals surface area contributed by atoms with Gasteiger partial charge in [0.25, 0.3) is 0 Å². The second-order valence-corrected chi connectivity index (χ2v) is 2.11. The van der Waals surface area contributed by atoms with Crippen molar-refractivity contribution in [2.24, 2.45) is 5.92 Å². The summed E-state index contributed by atoms with van der Waals surface area (Å²) in [7, 11) is 0. The van der Waals surface area contributed by atoms with Crippen LogP contribution in [0, 0.1) is 5.92 Å². The van der Waals surface area contributed by atoms with Crippen molar-refractivity contribution in [3.8, 4) is 0 Å². The number of hydrogen-bond acceptors (Lipinski definition) is 5. The number of rotatable bonds is 5. The second kappa shape index (κ2) is 7.74. The van der Waals surface area contributed by atoms with Gasteiger partial charge in [0, 0.05) is 19.5 Å². The van der Waals surface area contributed by atoms with E-state index in [9.17, 15) is 19.2 Å². The number of Topliss-reactive ketones (excluding diaryl/α,β-unsaturated/α-hetero) is 1. The van der Waals surface area contributed by atoms with Gasteiger partial charge in [-0.3, -0.25) is 9.59 Å². The van der Waals surface area contributed by atoms with Crippen molar-refractivity contribution in [1.29, 1.82) is 0 Å². The summed E-state index contributed by atoms with van der Waals surface area (Å²) in [6.45, 7) is 0.821. The molecule has 0 bridgehead atoms. The minimum absolute atomic E-state index is 0. The Balaban J connectivity index is 0. The van der Waals surface area contributed by atoms with Gasteiger partial charge in [0.2, 0.25) is 0 Å². The van der Waals surface area contributed by atoms with Gasteiger partial charge in [0.1, 0.15) is 19.2 Å². The van der Waals surface area contributed by atoms with E-state index in [4.69, 9.17) is 0 Å². The number of esters is 1. The van der Waals surface area contributed by atoms with Crippen molar-refractivity contribution >= 4 is 24.3 Å². The van der Waals surface area contributed by atoms with E-state index >= 15 is 0 Å². The fraction of sp³-hybridized carbons (Fsp3) is 0.429.